The third-order valence-corrected chi connectivity index (χ3v) is 5.11. The molecule has 3 aromatic rings. The Bertz CT molecular complexity index is 1220. The SMILES string of the molecule is O=C1NC(=O)N(c2ccc(Cl)cc2)C(=O)C1=Cc1ccc(-c2cc(Cl)ccc2Cl)o1. The van der Waals surface area contributed by atoms with E-state index in [1.807, 2.05) is 0 Å². The van der Waals surface area contributed by atoms with Crippen molar-refractivity contribution in [2.24, 2.45) is 0 Å². The predicted octanol–water partition coefficient (Wildman–Crippen LogP) is 5.57. The van der Waals surface area contributed by atoms with Gasteiger partial charge in [-0.1, -0.05) is 34.8 Å². The molecule has 0 spiro atoms. The molecular formula is C21H11Cl3N2O4. The molecular weight excluding hydrogens is 451 g/mol. The number of amides is 4. The number of carbonyl (C=O) groups is 3. The molecule has 1 fully saturated rings. The summed E-state index contributed by atoms with van der Waals surface area (Å²) in [5.41, 5.74) is 0.569. The molecule has 4 rings (SSSR count). The minimum Gasteiger partial charge on any atom is -0.457 e. The molecule has 6 nitrogen and oxygen atoms in total. The fourth-order valence-corrected chi connectivity index (χ4v) is 3.39. The van der Waals surface area contributed by atoms with E-state index in [2.05, 4.69) is 5.32 Å². The highest BCUT2D eigenvalue weighted by molar-refractivity contribution is 6.39. The van der Waals surface area contributed by atoms with Crippen molar-refractivity contribution in [2.75, 3.05) is 4.90 Å². The first-order chi connectivity index (χ1) is 14.3. The third-order valence-electron chi connectivity index (χ3n) is 4.29. The number of anilines is 1. The van der Waals surface area contributed by atoms with Crippen LogP contribution in [-0.2, 0) is 9.59 Å². The van der Waals surface area contributed by atoms with E-state index in [0.29, 0.717) is 26.4 Å². The summed E-state index contributed by atoms with van der Waals surface area (Å²) in [5.74, 6) is -0.979. The number of hydrogen-bond acceptors (Lipinski definition) is 4. The lowest BCUT2D eigenvalue weighted by Crippen LogP contribution is -2.54. The Morgan fingerprint density at radius 2 is 1.57 bits per heavy atom. The van der Waals surface area contributed by atoms with E-state index in [0.717, 1.165) is 4.90 Å². The molecule has 1 aromatic heterocycles. The lowest BCUT2D eigenvalue weighted by molar-refractivity contribution is -0.122. The molecule has 1 aliphatic rings. The van der Waals surface area contributed by atoms with Crippen molar-refractivity contribution < 1.29 is 18.8 Å². The molecule has 0 radical (unpaired) electrons. The molecule has 150 valence electrons. The number of rotatable bonds is 3. The topological polar surface area (TPSA) is 79.6 Å². The lowest BCUT2D eigenvalue weighted by atomic mass is 10.1. The van der Waals surface area contributed by atoms with Gasteiger partial charge in [-0.15, -0.1) is 0 Å². The zero-order valence-corrected chi connectivity index (χ0v) is 17.3. The van der Waals surface area contributed by atoms with E-state index >= 15 is 0 Å². The Labute approximate surface area is 185 Å². The summed E-state index contributed by atoms with van der Waals surface area (Å²) in [4.78, 5) is 38.2. The van der Waals surface area contributed by atoms with E-state index in [1.54, 1.807) is 30.3 Å². The molecule has 0 saturated carbocycles. The first-order valence-electron chi connectivity index (χ1n) is 8.56. The van der Waals surface area contributed by atoms with Gasteiger partial charge in [0.25, 0.3) is 11.8 Å². The van der Waals surface area contributed by atoms with Crippen LogP contribution in [0.4, 0.5) is 10.5 Å². The van der Waals surface area contributed by atoms with Gasteiger partial charge in [0.2, 0.25) is 0 Å². The molecule has 9 heteroatoms. The number of nitrogens with zero attached hydrogens (tertiary/aromatic N) is 1. The standard InChI is InChI=1S/C21H11Cl3N2O4/c22-11-1-4-13(5-2-11)26-20(28)16(19(27)25-21(26)29)10-14-6-8-18(30-14)15-9-12(23)3-7-17(15)24/h1-10H,(H,25,27,29). The molecule has 1 N–H and O–H groups in total. The summed E-state index contributed by atoms with van der Waals surface area (Å²) in [6, 6.07) is 13.3. The molecule has 4 amide bonds. The van der Waals surface area contributed by atoms with Crippen LogP contribution in [0.25, 0.3) is 17.4 Å². The molecule has 2 aromatic carbocycles. The second-order valence-corrected chi connectivity index (χ2v) is 7.54. The summed E-state index contributed by atoms with van der Waals surface area (Å²) >= 11 is 18.1. The average molecular weight is 462 g/mol. The summed E-state index contributed by atoms with van der Waals surface area (Å²) in [6.45, 7) is 0. The monoisotopic (exact) mass is 460 g/mol. The van der Waals surface area contributed by atoms with Crippen molar-refractivity contribution in [3.8, 4) is 11.3 Å². The van der Waals surface area contributed by atoms with Crippen molar-refractivity contribution >= 4 is 64.4 Å². The molecule has 0 atom stereocenters. The van der Waals surface area contributed by atoms with E-state index in [9.17, 15) is 14.4 Å². The lowest BCUT2D eigenvalue weighted by Gasteiger charge is -2.26. The van der Waals surface area contributed by atoms with Crippen molar-refractivity contribution in [3.05, 3.63) is 81.0 Å². The van der Waals surface area contributed by atoms with Gasteiger partial charge in [-0.3, -0.25) is 14.9 Å². The normalized spacial score (nSPS) is 15.6. The fourth-order valence-electron chi connectivity index (χ4n) is 2.89. The number of halogens is 3. The zero-order chi connectivity index (χ0) is 21.4. The van der Waals surface area contributed by atoms with Crippen molar-refractivity contribution in [3.63, 3.8) is 0 Å². The zero-order valence-electron chi connectivity index (χ0n) is 15.0. The maximum atomic E-state index is 12.9. The van der Waals surface area contributed by atoms with E-state index in [4.69, 9.17) is 39.2 Å². The van der Waals surface area contributed by atoms with Crippen LogP contribution >= 0.6 is 34.8 Å². The molecule has 2 heterocycles. The first kappa shape index (κ1) is 20.2. The number of barbiturate groups is 1. The van der Waals surface area contributed by atoms with Gasteiger partial charge in [-0.2, -0.15) is 0 Å². The van der Waals surface area contributed by atoms with Crippen molar-refractivity contribution in [1.29, 1.82) is 0 Å². The van der Waals surface area contributed by atoms with Crippen molar-refractivity contribution in [2.45, 2.75) is 0 Å². The van der Waals surface area contributed by atoms with Gasteiger partial charge in [-0.05, 0) is 60.7 Å². The van der Waals surface area contributed by atoms with Crippen LogP contribution < -0.4 is 10.2 Å². The number of imide groups is 2. The number of furan rings is 1. The smallest absolute Gasteiger partial charge is 0.335 e. The van der Waals surface area contributed by atoms with Crippen LogP contribution in [0.5, 0.6) is 0 Å². The summed E-state index contributed by atoms with van der Waals surface area (Å²) in [6.07, 6.45) is 1.26. The highest BCUT2D eigenvalue weighted by Crippen LogP contribution is 2.32. The summed E-state index contributed by atoms with van der Waals surface area (Å²) in [5, 5.41) is 3.49. The highest BCUT2D eigenvalue weighted by Gasteiger charge is 2.37. The number of urea groups is 1. The maximum Gasteiger partial charge on any atom is 0.335 e. The summed E-state index contributed by atoms with van der Waals surface area (Å²) in [7, 11) is 0. The largest absolute Gasteiger partial charge is 0.457 e. The second kappa shape index (κ2) is 7.99. The van der Waals surface area contributed by atoms with Gasteiger partial charge in [0, 0.05) is 15.6 Å². The van der Waals surface area contributed by atoms with Crippen LogP contribution in [-0.4, -0.2) is 17.8 Å². The highest BCUT2D eigenvalue weighted by atomic mass is 35.5. The fraction of sp³-hybridized carbons (Fsp3) is 0. The summed E-state index contributed by atoms with van der Waals surface area (Å²) < 4.78 is 5.72. The number of nitrogens with one attached hydrogen (secondary N) is 1. The van der Waals surface area contributed by atoms with Crippen LogP contribution in [0, 0.1) is 0 Å². The number of hydrogen-bond donors (Lipinski definition) is 1. The maximum absolute atomic E-state index is 12.9. The molecule has 1 saturated heterocycles. The van der Waals surface area contributed by atoms with E-state index < -0.39 is 17.8 Å². The van der Waals surface area contributed by atoms with Crippen LogP contribution in [0.15, 0.2) is 64.6 Å². The van der Waals surface area contributed by atoms with Crippen LogP contribution in [0.2, 0.25) is 15.1 Å². The number of carbonyl (C=O) groups excluding carboxylic acids is 3. The molecule has 1 aliphatic heterocycles. The van der Waals surface area contributed by atoms with Gasteiger partial charge in [0.05, 0.1) is 10.7 Å². The van der Waals surface area contributed by atoms with Gasteiger partial charge in [0.15, 0.2) is 0 Å². The third kappa shape index (κ3) is 3.85. The molecule has 30 heavy (non-hydrogen) atoms. The second-order valence-electron chi connectivity index (χ2n) is 6.26. The minimum atomic E-state index is -0.852. The Morgan fingerprint density at radius 1 is 0.867 bits per heavy atom. The molecule has 0 bridgehead atoms. The van der Waals surface area contributed by atoms with Gasteiger partial charge in [0.1, 0.15) is 17.1 Å². The molecule has 0 aliphatic carbocycles. The number of benzene rings is 2. The molecule has 0 unspecified atom stereocenters. The van der Waals surface area contributed by atoms with E-state index in [1.165, 1.54) is 30.3 Å². The van der Waals surface area contributed by atoms with Crippen LogP contribution in [0.3, 0.4) is 0 Å². The van der Waals surface area contributed by atoms with E-state index in [-0.39, 0.29) is 17.0 Å². The predicted molar refractivity (Wildman–Crippen MR) is 115 cm³/mol. The average Bonchev–Trinajstić information content (AvgIpc) is 3.17. The Morgan fingerprint density at radius 3 is 2.30 bits per heavy atom. The Kier molecular flexibility index (Phi) is 5.39. The first-order valence-corrected chi connectivity index (χ1v) is 9.69. The van der Waals surface area contributed by atoms with Gasteiger partial charge in [-0.25, -0.2) is 9.69 Å². The van der Waals surface area contributed by atoms with Crippen LogP contribution in [0.1, 0.15) is 5.76 Å². The van der Waals surface area contributed by atoms with Crippen molar-refractivity contribution in [1.82, 2.24) is 5.32 Å². The minimum absolute atomic E-state index is 0.227. The van der Waals surface area contributed by atoms with Gasteiger partial charge >= 0.3 is 6.03 Å². The Balaban J connectivity index is 1.69. The van der Waals surface area contributed by atoms with Gasteiger partial charge < -0.3 is 4.42 Å². The quantitative estimate of drug-likeness (QED) is 0.408. The Hall–Kier alpha value is -3.06.